The van der Waals surface area contributed by atoms with Gasteiger partial charge in [0.05, 0.1) is 12.1 Å². The van der Waals surface area contributed by atoms with Crippen LogP contribution in [-0.2, 0) is 26.3 Å². The third kappa shape index (κ3) is 4.47. The Labute approximate surface area is 195 Å². The summed E-state index contributed by atoms with van der Waals surface area (Å²) in [5.74, 6) is -0.369. The summed E-state index contributed by atoms with van der Waals surface area (Å²) < 4.78 is 5.00. The number of benzene rings is 3. The normalized spacial score (nSPS) is 13.7. The highest BCUT2D eigenvalue weighted by molar-refractivity contribution is 5.91. The highest BCUT2D eigenvalue weighted by Gasteiger charge is 2.43. The number of aryl methyl sites for hydroxylation is 1. The Kier molecular flexibility index (Phi) is 6.45. The topological polar surface area (TPSA) is 55.4 Å². The first kappa shape index (κ1) is 22.5. The molecule has 0 unspecified atom stereocenters. The molecule has 0 aromatic heterocycles. The number of ether oxygens (including phenoxy) is 1. The number of carbonyl (C=O) groups is 2. The van der Waals surface area contributed by atoms with E-state index in [2.05, 4.69) is 41.7 Å². The molecule has 33 heavy (non-hydrogen) atoms. The maximum atomic E-state index is 12.3. The molecule has 4 nitrogen and oxygen atoms in total. The minimum absolute atomic E-state index is 0.0448. The Morgan fingerprint density at radius 2 is 1.45 bits per heavy atom. The first-order valence-electron chi connectivity index (χ1n) is 11.4. The lowest BCUT2D eigenvalue weighted by molar-refractivity contribution is -0.137. The zero-order chi connectivity index (χ0) is 23.4. The van der Waals surface area contributed by atoms with Crippen molar-refractivity contribution >= 4 is 17.4 Å². The quantitative estimate of drug-likeness (QED) is 0.383. The lowest BCUT2D eigenvalue weighted by Gasteiger charge is -2.33. The van der Waals surface area contributed by atoms with Crippen molar-refractivity contribution < 1.29 is 14.3 Å². The van der Waals surface area contributed by atoms with Crippen molar-refractivity contribution in [1.82, 2.24) is 5.32 Å². The summed E-state index contributed by atoms with van der Waals surface area (Å²) in [7, 11) is 0. The van der Waals surface area contributed by atoms with Gasteiger partial charge in [0.15, 0.2) is 0 Å². The number of hydrogen-bond donors (Lipinski definition) is 1. The molecule has 0 heterocycles. The number of allylic oxidation sites excluding steroid dienone is 1. The Morgan fingerprint density at radius 3 is 2.00 bits per heavy atom. The summed E-state index contributed by atoms with van der Waals surface area (Å²) in [4.78, 5) is 24.1. The van der Waals surface area contributed by atoms with Crippen molar-refractivity contribution in [2.24, 2.45) is 0 Å². The van der Waals surface area contributed by atoms with Gasteiger partial charge < -0.3 is 10.1 Å². The summed E-state index contributed by atoms with van der Waals surface area (Å²) in [5, 5.41) is 3.30. The minimum atomic E-state index is -0.558. The molecule has 4 rings (SSSR count). The van der Waals surface area contributed by atoms with E-state index in [1.54, 1.807) is 13.8 Å². The molecule has 3 aromatic carbocycles. The van der Waals surface area contributed by atoms with Gasteiger partial charge in [0.2, 0.25) is 5.91 Å². The molecule has 168 valence electrons. The fourth-order valence-corrected chi connectivity index (χ4v) is 4.80. The van der Waals surface area contributed by atoms with Crippen LogP contribution in [0.2, 0.25) is 0 Å². The van der Waals surface area contributed by atoms with Crippen LogP contribution in [0.5, 0.6) is 0 Å². The molecule has 0 radical (unpaired) electrons. The van der Waals surface area contributed by atoms with E-state index < -0.39 is 5.54 Å². The van der Waals surface area contributed by atoms with Crippen molar-refractivity contribution in [3.8, 4) is 11.1 Å². The van der Waals surface area contributed by atoms with Crippen molar-refractivity contribution in [2.75, 3.05) is 6.61 Å². The summed E-state index contributed by atoms with van der Waals surface area (Å²) >= 11 is 0. The number of hydrogen-bond acceptors (Lipinski definition) is 3. The highest BCUT2D eigenvalue weighted by Crippen LogP contribution is 2.49. The molecule has 0 atom stereocenters. The monoisotopic (exact) mass is 439 g/mol. The zero-order valence-corrected chi connectivity index (χ0v) is 19.4. The molecule has 0 saturated heterocycles. The number of nitrogens with one attached hydrogen (secondary N) is 1. The third-order valence-electron chi connectivity index (χ3n) is 6.27. The lowest BCUT2D eigenvalue weighted by atomic mass is 9.82. The predicted molar refractivity (Wildman–Crippen MR) is 132 cm³/mol. The van der Waals surface area contributed by atoms with Crippen LogP contribution >= 0.6 is 0 Å². The van der Waals surface area contributed by atoms with Crippen molar-refractivity contribution in [3.63, 3.8) is 0 Å². The SMILES string of the molecule is CCOC(=O)C=C(C)c1ccc(CCC2(NC(C)=O)c3ccccc3-c3ccccc32)cc1. The maximum Gasteiger partial charge on any atom is 0.331 e. The van der Waals surface area contributed by atoms with Crippen LogP contribution in [0.25, 0.3) is 16.7 Å². The molecule has 0 bridgehead atoms. The second-order valence-corrected chi connectivity index (χ2v) is 8.45. The van der Waals surface area contributed by atoms with E-state index in [1.165, 1.54) is 22.8 Å². The summed E-state index contributed by atoms with van der Waals surface area (Å²) in [6.07, 6.45) is 3.07. The molecule has 1 amide bonds. The van der Waals surface area contributed by atoms with Crippen LogP contribution in [0.4, 0.5) is 0 Å². The fourth-order valence-electron chi connectivity index (χ4n) is 4.80. The molecule has 0 fully saturated rings. The Balaban J connectivity index is 1.62. The van der Waals surface area contributed by atoms with Gasteiger partial charge in [-0.15, -0.1) is 0 Å². The first-order valence-corrected chi connectivity index (χ1v) is 11.4. The van der Waals surface area contributed by atoms with Gasteiger partial charge in [-0.05, 0) is 65.6 Å². The zero-order valence-electron chi connectivity index (χ0n) is 19.4. The Hall–Kier alpha value is -3.66. The molecule has 0 saturated carbocycles. The highest BCUT2D eigenvalue weighted by atomic mass is 16.5. The van der Waals surface area contributed by atoms with E-state index in [1.807, 2.05) is 43.3 Å². The van der Waals surface area contributed by atoms with Crippen LogP contribution in [0.1, 0.15) is 49.4 Å². The molecular weight excluding hydrogens is 410 g/mol. The van der Waals surface area contributed by atoms with Crippen molar-refractivity contribution in [1.29, 1.82) is 0 Å². The largest absolute Gasteiger partial charge is 0.463 e. The van der Waals surface area contributed by atoms with Crippen LogP contribution in [0.15, 0.2) is 78.9 Å². The smallest absolute Gasteiger partial charge is 0.331 e. The van der Waals surface area contributed by atoms with Gasteiger partial charge >= 0.3 is 5.97 Å². The average Bonchev–Trinajstić information content (AvgIpc) is 3.08. The molecule has 1 aliphatic carbocycles. The van der Waals surface area contributed by atoms with Gasteiger partial charge in [-0.3, -0.25) is 4.79 Å². The number of carbonyl (C=O) groups excluding carboxylic acids is 2. The van der Waals surface area contributed by atoms with Crippen molar-refractivity contribution in [3.05, 3.63) is 101 Å². The van der Waals surface area contributed by atoms with Gasteiger partial charge in [-0.1, -0.05) is 72.8 Å². The second-order valence-electron chi connectivity index (χ2n) is 8.45. The van der Waals surface area contributed by atoms with E-state index in [0.29, 0.717) is 6.61 Å². The number of amides is 1. The Bertz CT molecular complexity index is 1160. The van der Waals surface area contributed by atoms with E-state index in [9.17, 15) is 9.59 Å². The molecule has 1 N–H and O–H groups in total. The van der Waals surface area contributed by atoms with Gasteiger partial charge in [0.25, 0.3) is 0 Å². The molecule has 3 aromatic rings. The summed E-state index contributed by atoms with van der Waals surface area (Å²) in [6.45, 7) is 5.65. The average molecular weight is 440 g/mol. The number of rotatable bonds is 7. The molecule has 0 aliphatic heterocycles. The van der Waals surface area contributed by atoms with Crippen LogP contribution in [-0.4, -0.2) is 18.5 Å². The second kappa shape index (κ2) is 9.45. The van der Waals surface area contributed by atoms with Gasteiger partial charge in [-0.2, -0.15) is 0 Å². The molecular formula is C29H29NO3. The lowest BCUT2D eigenvalue weighted by Crippen LogP contribution is -2.45. The third-order valence-corrected chi connectivity index (χ3v) is 6.27. The van der Waals surface area contributed by atoms with E-state index in [-0.39, 0.29) is 11.9 Å². The van der Waals surface area contributed by atoms with Gasteiger partial charge in [-0.25, -0.2) is 4.79 Å². The van der Waals surface area contributed by atoms with E-state index >= 15 is 0 Å². The maximum absolute atomic E-state index is 12.3. The van der Waals surface area contributed by atoms with Crippen molar-refractivity contribution in [2.45, 2.75) is 39.2 Å². The van der Waals surface area contributed by atoms with E-state index in [0.717, 1.165) is 35.1 Å². The molecule has 1 aliphatic rings. The Morgan fingerprint density at radius 1 is 0.879 bits per heavy atom. The first-order chi connectivity index (χ1) is 15.9. The van der Waals surface area contributed by atoms with Crippen LogP contribution in [0.3, 0.4) is 0 Å². The standard InChI is InChI=1S/C29H29NO3/c1-4-33-28(32)19-20(2)23-15-13-22(14-16-23)17-18-29(30-21(3)31)26-11-7-5-9-24(26)25-10-6-8-12-27(25)29/h5-16,19H,4,17-18H2,1-3H3,(H,30,31). The van der Waals surface area contributed by atoms with Gasteiger partial charge in [0.1, 0.15) is 0 Å². The number of fused-ring (bicyclic) bond motifs is 3. The molecule has 4 heteroatoms. The summed E-state index contributed by atoms with van der Waals surface area (Å²) in [5.41, 5.74) is 7.12. The van der Waals surface area contributed by atoms with Crippen LogP contribution in [0, 0.1) is 0 Å². The van der Waals surface area contributed by atoms with E-state index in [4.69, 9.17) is 4.74 Å². The summed E-state index contributed by atoms with van der Waals surface area (Å²) in [6, 6.07) is 24.9. The minimum Gasteiger partial charge on any atom is -0.463 e. The fraction of sp³-hybridized carbons (Fsp3) is 0.241. The van der Waals surface area contributed by atoms with Gasteiger partial charge in [0, 0.05) is 13.0 Å². The predicted octanol–water partition coefficient (Wildman–Crippen LogP) is 5.65. The number of esters is 1. The molecule has 0 spiro atoms. The van der Waals surface area contributed by atoms with Crippen LogP contribution < -0.4 is 5.32 Å².